The molecule has 0 aromatic heterocycles. The molecule has 8 nitrogen and oxygen atoms in total. The van der Waals surface area contributed by atoms with Crippen LogP contribution >= 0.6 is 0 Å². The number of piperazine rings is 1. The average Bonchev–Trinajstić information content (AvgIpc) is 3.03. The Kier molecular flexibility index (Phi) is 8.04. The number of carbonyl (C=O) groups is 2. The minimum atomic E-state index is -3.84. The van der Waals surface area contributed by atoms with Crippen LogP contribution in [0.4, 0.5) is 4.39 Å². The molecule has 1 aliphatic carbocycles. The van der Waals surface area contributed by atoms with Gasteiger partial charge in [-0.2, -0.15) is 4.31 Å². The number of sulfonamides is 1. The van der Waals surface area contributed by atoms with Crippen LogP contribution in [0.2, 0.25) is 0 Å². The maximum Gasteiger partial charge on any atom is 0.252 e. The molecule has 228 valence electrons. The summed E-state index contributed by atoms with van der Waals surface area (Å²) >= 11 is 0. The lowest BCUT2D eigenvalue weighted by molar-refractivity contribution is -0.161. The first-order valence-corrected chi connectivity index (χ1v) is 16.5. The van der Waals surface area contributed by atoms with E-state index in [4.69, 9.17) is 4.74 Å². The van der Waals surface area contributed by atoms with Crippen molar-refractivity contribution < 1.29 is 27.1 Å². The Morgan fingerprint density at radius 2 is 1.77 bits per heavy atom. The van der Waals surface area contributed by atoms with Gasteiger partial charge in [0, 0.05) is 32.5 Å². The molecule has 0 bridgehead atoms. The van der Waals surface area contributed by atoms with Crippen molar-refractivity contribution in [1.29, 1.82) is 0 Å². The largest absolute Gasteiger partial charge is 0.366 e. The predicted molar refractivity (Wildman–Crippen MR) is 161 cm³/mol. The summed E-state index contributed by atoms with van der Waals surface area (Å²) in [4.78, 5) is 30.8. The van der Waals surface area contributed by atoms with E-state index >= 15 is 0 Å². The second kappa shape index (κ2) is 11.6. The SMILES string of the molecule is CCC(=O)N1CCN(S(=O)(=O)C2(C)C=CC=CC2)[C@H]2C[C@H](C(=O)N3CCc4ccccc4[C@@H]3c3ccc(F)cc3)OC[C@@H]21. The van der Waals surface area contributed by atoms with Gasteiger partial charge in [-0.3, -0.25) is 9.59 Å². The van der Waals surface area contributed by atoms with Gasteiger partial charge in [0.25, 0.3) is 5.91 Å². The molecule has 1 unspecified atom stereocenters. The molecule has 6 rings (SSSR count). The van der Waals surface area contributed by atoms with Crippen LogP contribution < -0.4 is 0 Å². The lowest BCUT2D eigenvalue weighted by Gasteiger charge is -2.52. The van der Waals surface area contributed by atoms with Gasteiger partial charge in [0.15, 0.2) is 0 Å². The van der Waals surface area contributed by atoms with Gasteiger partial charge in [0.1, 0.15) is 16.7 Å². The first kappa shape index (κ1) is 29.7. The van der Waals surface area contributed by atoms with Crippen molar-refractivity contribution in [2.45, 2.75) is 68.5 Å². The summed E-state index contributed by atoms with van der Waals surface area (Å²) in [5.74, 6) is -0.643. The lowest BCUT2D eigenvalue weighted by atomic mass is 9.87. The van der Waals surface area contributed by atoms with Crippen LogP contribution in [-0.4, -0.2) is 83.5 Å². The van der Waals surface area contributed by atoms with Crippen LogP contribution in [0.25, 0.3) is 0 Å². The Morgan fingerprint density at radius 1 is 1.00 bits per heavy atom. The summed E-state index contributed by atoms with van der Waals surface area (Å²) < 4.78 is 48.9. The van der Waals surface area contributed by atoms with Gasteiger partial charge in [-0.1, -0.05) is 67.6 Å². The number of nitrogens with zero attached hydrogens (tertiary/aromatic N) is 3. The molecule has 0 radical (unpaired) electrons. The molecule has 4 aliphatic rings. The number of fused-ring (bicyclic) bond motifs is 2. The number of carbonyl (C=O) groups excluding carboxylic acids is 2. The predicted octanol–water partition coefficient (Wildman–Crippen LogP) is 3.98. The topological polar surface area (TPSA) is 87.2 Å². The van der Waals surface area contributed by atoms with Crippen molar-refractivity contribution in [2.75, 3.05) is 26.2 Å². The highest BCUT2D eigenvalue weighted by atomic mass is 32.2. The summed E-state index contributed by atoms with van der Waals surface area (Å²) in [5, 5.41) is 0. The van der Waals surface area contributed by atoms with Crippen LogP contribution in [-0.2, 0) is 30.8 Å². The Morgan fingerprint density at radius 3 is 2.49 bits per heavy atom. The fraction of sp³-hybridized carbons (Fsp3) is 0.455. The highest BCUT2D eigenvalue weighted by molar-refractivity contribution is 7.90. The highest BCUT2D eigenvalue weighted by Gasteiger charge is 2.53. The number of halogens is 1. The first-order valence-electron chi connectivity index (χ1n) is 15.0. The number of amides is 2. The number of allylic oxidation sites excluding steroid dienone is 3. The monoisotopic (exact) mass is 607 g/mol. The fourth-order valence-corrected chi connectivity index (χ4v) is 9.06. The van der Waals surface area contributed by atoms with E-state index in [2.05, 4.69) is 6.07 Å². The summed E-state index contributed by atoms with van der Waals surface area (Å²) in [6.07, 6.45) is 7.74. The highest BCUT2D eigenvalue weighted by Crippen LogP contribution is 2.39. The molecular formula is C33H38FN3O5S. The minimum absolute atomic E-state index is 0.0591. The third-order valence-electron chi connectivity index (χ3n) is 9.47. The zero-order chi connectivity index (χ0) is 30.4. The van der Waals surface area contributed by atoms with Crippen LogP contribution in [0.1, 0.15) is 55.8 Å². The molecule has 0 N–H and O–H groups in total. The van der Waals surface area contributed by atoms with E-state index in [-0.39, 0.29) is 43.7 Å². The van der Waals surface area contributed by atoms with Crippen molar-refractivity contribution in [3.63, 3.8) is 0 Å². The van der Waals surface area contributed by atoms with Crippen molar-refractivity contribution >= 4 is 21.8 Å². The summed E-state index contributed by atoms with van der Waals surface area (Å²) in [6.45, 7) is 4.47. The smallest absolute Gasteiger partial charge is 0.252 e. The van der Waals surface area contributed by atoms with E-state index < -0.39 is 39.0 Å². The van der Waals surface area contributed by atoms with Crippen LogP contribution in [0.3, 0.4) is 0 Å². The third kappa shape index (κ3) is 5.23. The molecule has 5 atom stereocenters. The average molecular weight is 608 g/mol. The Balaban J connectivity index is 1.33. The summed E-state index contributed by atoms with van der Waals surface area (Å²) in [5.41, 5.74) is 2.91. The first-order chi connectivity index (χ1) is 20.6. The van der Waals surface area contributed by atoms with Gasteiger partial charge < -0.3 is 14.5 Å². The maximum absolute atomic E-state index is 14.3. The van der Waals surface area contributed by atoms with E-state index in [1.807, 2.05) is 30.4 Å². The molecule has 2 amide bonds. The molecule has 2 fully saturated rings. The minimum Gasteiger partial charge on any atom is -0.366 e. The zero-order valence-corrected chi connectivity index (χ0v) is 25.4. The van der Waals surface area contributed by atoms with E-state index in [0.29, 0.717) is 25.8 Å². The van der Waals surface area contributed by atoms with Gasteiger partial charge in [-0.05, 0) is 48.6 Å². The number of ether oxygens (including phenoxy) is 1. The van der Waals surface area contributed by atoms with Crippen LogP contribution in [0.5, 0.6) is 0 Å². The van der Waals surface area contributed by atoms with E-state index in [0.717, 1.165) is 16.7 Å². The van der Waals surface area contributed by atoms with Crippen molar-refractivity contribution in [3.05, 3.63) is 95.3 Å². The standard InChI is InChI=1S/C33H38FN3O5S/c1-3-30(38)35-19-20-37(43(40,41)33(2)16-7-4-8-17-33)27-21-29(42-22-28(27)35)32(39)36-18-15-23-9-5-6-10-26(23)31(36)24-11-13-25(34)14-12-24/h4-14,16,27-29,31H,3,15,17-22H2,1-2H3/t27-,28-,29+,31-,33?/m0/s1. The molecule has 2 aromatic carbocycles. The van der Waals surface area contributed by atoms with Crippen molar-refractivity contribution in [3.8, 4) is 0 Å². The second-order valence-electron chi connectivity index (χ2n) is 12.0. The Hall–Kier alpha value is -3.34. The zero-order valence-electron chi connectivity index (χ0n) is 24.6. The van der Waals surface area contributed by atoms with E-state index in [1.165, 1.54) is 16.4 Å². The maximum atomic E-state index is 14.3. The van der Waals surface area contributed by atoms with Gasteiger partial charge in [0.05, 0.1) is 24.7 Å². The summed E-state index contributed by atoms with van der Waals surface area (Å²) in [7, 11) is -3.84. The fourth-order valence-electron chi connectivity index (χ4n) is 7.06. The number of hydrogen-bond acceptors (Lipinski definition) is 5. The molecule has 43 heavy (non-hydrogen) atoms. The van der Waals surface area contributed by atoms with Gasteiger partial charge in [-0.25, -0.2) is 12.8 Å². The van der Waals surface area contributed by atoms with Crippen LogP contribution in [0, 0.1) is 5.82 Å². The normalized spacial score (nSPS) is 29.2. The molecule has 3 heterocycles. The molecule has 0 spiro atoms. The Bertz CT molecular complexity index is 1560. The van der Waals surface area contributed by atoms with Crippen molar-refractivity contribution in [2.24, 2.45) is 0 Å². The lowest BCUT2D eigenvalue weighted by Crippen LogP contribution is -2.69. The number of rotatable bonds is 5. The number of benzene rings is 2. The molecule has 3 aliphatic heterocycles. The summed E-state index contributed by atoms with van der Waals surface area (Å²) in [6, 6.07) is 12.6. The van der Waals surface area contributed by atoms with E-state index in [9.17, 15) is 22.4 Å². The van der Waals surface area contributed by atoms with Gasteiger partial charge in [-0.15, -0.1) is 0 Å². The Labute approximate surface area is 252 Å². The molecule has 2 aromatic rings. The molecule has 10 heteroatoms. The van der Waals surface area contributed by atoms with Crippen LogP contribution in [0.15, 0.2) is 72.8 Å². The molecule has 2 saturated heterocycles. The van der Waals surface area contributed by atoms with Gasteiger partial charge >= 0.3 is 0 Å². The molecule has 0 saturated carbocycles. The molecular weight excluding hydrogens is 569 g/mol. The van der Waals surface area contributed by atoms with E-state index in [1.54, 1.807) is 47.9 Å². The quantitative estimate of drug-likeness (QED) is 0.513. The van der Waals surface area contributed by atoms with Gasteiger partial charge in [0.2, 0.25) is 15.9 Å². The second-order valence-corrected chi connectivity index (χ2v) is 14.3. The number of hydrogen-bond donors (Lipinski definition) is 0. The third-order valence-corrected chi connectivity index (χ3v) is 12.0. The van der Waals surface area contributed by atoms with Crippen molar-refractivity contribution in [1.82, 2.24) is 14.1 Å².